The van der Waals surface area contributed by atoms with Crippen LogP contribution in [0.4, 0.5) is 0 Å². The van der Waals surface area contributed by atoms with Gasteiger partial charge in [-0.3, -0.25) is 9.59 Å². The van der Waals surface area contributed by atoms with Gasteiger partial charge in [0, 0.05) is 24.8 Å². The summed E-state index contributed by atoms with van der Waals surface area (Å²) in [6, 6.07) is 20.8. The zero-order chi connectivity index (χ0) is 22.1. The summed E-state index contributed by atoms with van der Waals surface area (Å²) in [5, 5.41) is 2.89. The molecule has 0 heterocycles. The fourth-order valence-electron chi connectivity index (χ4n) is 2.73. The zero-order valence-electron chi connectivity index (χ0n) is 17.2. The van der Waals surface area contributed by atoms with E-state index in [-0.39, 0.29) is 5.91 Å². The number of rotatable bonds is 10. The molecule has 0 radical (unpaired) electrons. The average molecular weight is 420 g/mol. The number of benzene rings is 3. The van der Waals surface area contributed by atoms with Crippen molar-refractivity contribution in [3.8, 4) is 17.2 Å². The maximum Gasteiger partial charge on any atom is 0.251 e. The molecule has 0 aromatic heterocycles. The molecule has 31 heavy (non-hydrogen) atoms. The molecule has 7 nitrogen and oxygen atoms in total. The lowest BCUT2D eigenvalue weighted by atomic mass is 10.2. The van der Waals surface area contributed by atoms with Crippen molar-refractivity contribution in [3.05, 3.63) is 89.5 Å². The van der Waals surface area contributed by atoms with Gasteiger partial charge in [0.2, 0.25) is 5.91 Å². The Bertz CT molecular complexity index is 1000. The van der Waals surface area contributed by atoms with Crippen molar-refractivity contribution in [2.24, 2.45) is 5.73 Å². The van der Waals surface area contributed by atoms with Crippen LogP contribution in [0.3, 0.4) is 0 Å². The second-order valence-electron chi connectivity index (χ2n) is 6.68. The highest BCUT2D eigenvalue weighted by Gasteiger charge is 2.07. The average Bonchev–Trinajstić information content (AvgIpc) is 2.79. The largest absolute Gasteiger partial charge is 0.491 e. The van der Waals surface area contributed by atoms with E-state index in [0.29, 0.717) is 42.4 Å². The molecule has 3 N–H and O–H groups in total. The number of hydrogen-bond acceptors (Lipinski definition) is 5. The summed E-state index contributed by atoms with van der Waals surface area (Å²) in [4.78, 5) is 23.5. The predicted octanol–water partition coefficient (Wildman–Crippen LogP) is 3.53. The minimum atomic E-state index is -0.492. The lowest BCUT2D eigenvalue weighted by Gasteiger charge is -2.09. The first-order chi connectivity index (χ1) is 15.0. The molecule has 3 aromatic rings. The van der Waals surface area contributed by atoms with E-state index in [1.165, 1.54) is 0 Å². The van der Waals surface area contributed by atoms with Crippen molar-refractivity contribution < 1.29 is 23.8 Å². The van der Waals surface area contributed by atoms with Crippen LogP contribution in [-0.4, -0.2) is 32.1 Å². The number of hydrogen-bond donors (Lipinski definition) is 2. The van der Waals surface area contributed by atoms with Crippen molar-refractivity contribution in [1.82, 2.24) is 5.32 Å². The molecule has 0 fully saturated rings. The number of nitrogens with one attached hydrogen (secondary N) is 1. The lowest BCUT2D eigenvalue weighted by molar-refractivity contribution is 0.0949. The van der Waals surface area contributed by atoms with Gasteiger partial charge in [-0.25, -0.2) is 0 Å². The Morgan fingerprint density at radius 2 is 1.32 bits per heavy atom. The van der Waals surface area contributed by atoms with E-state index >= 15 is 0 Å². The lowest BCUT2D eigenvalue weighted by Crippen LogP contribution is -2.22. The van der Waals surface area contributed by atoms with Crippen LogP contribution in [0.2, 0.25) is 0 Å². The molecule has 3 aromatic carbocycles. The molecule has 0 aliphatic carbocycles. The van der Waals surface area contributed by atoms with Crippen molar-refractivity contribution in [1.29, 1.82) is 0 Å². The number of carbonyl (C=O) groups is 2. The summed E-state index contributed by atoms with van der Waals surface area (Å²) in [6.45, 7) is 1.43. The van der Waals surface area contributed by atoms with E-state index in [1.807, 2.05) is 24.3 Å². The van der Waals surface area contributed by atoms with E-state index in [9.17, 15) is 9.59 Å². The smallest absolute Gasteiger partial charge is 0.251 e. The third-order valence-electron chi connectivity index (χ3n) is 4.42. The summed E-state index contributed by atoms with van der Waals surface area (Å²) < 4.78 is 16.2. The van der Waals surface area contributed by atoms with Crippen molar-refractivity contribution >= 4 is 11.8 Å². The molecule has 0 bridgehead atoms. The van der Waals surface area contributed by atoms with Gasteiger partial charge in [-0.2, -0.15) is 0 Å². The van der Waals surface area contributed by atoms with Crippen LogP contribution < -0.4 is 20.5 Å². The van der Waals surface area contributed by atoms with Crippen molar-refractivity contribution in [2.75, 3.05) is 20.3 Å². The molecular formula is C24H24N2O5. The highest BCUT2D eigenvalue weighted by Crippen LogP contribution is 2.22. The number of ether oxygens (including phenoxy) is 3. The standard InChI is InChI=1S/C24H24N2O5/c1-29-14-15-30-20-8-2-17(3-9-20)16-26-24(28)19-6-12-22(13-7-19)31-21-10-4-18(5-11-21)23(25)27/h2-13H,14-16H2,1H3,(H2,25,27)(H,26,28). The van der Waals surface area contributed by atoms with Crippen molar-refractivity contribution in [3.63, 3.8) is 0 Å². The van der Waals surface area contributed by atoms with Crippen LogP contribution in [0.25, 0.3) is 0 Å². The topological polar surface area (TPSA) is 99.9 Å². The maximum atomic E-state index is 12.4. The van der Waals surface area contributed by atoms with Gasteiger partial charge in [0.15, 0.2) is 0 Å². The van der Waals surface area contributed by atoms with Gasteiger partial charge in [0.25, 0.3) is 5.91 Å². The number of carbonyl (C=O) groups excluding carboxylic acids is 2. The Hall–Kier alpha value is -3.84. The van der Waals surface area contributed by atoms with Gasteiger partial charge >= 0.3 is 0 Å². The fourth-order valence-corrected chi connectivity index (χ4v) is 2.73. The third kappa shape index (κ3) is 6.58. The van der Waals surface area contributed by atoms with Gasteiger partial charge in [-0.05, 0) is 66.2 Å². The van der Waals surface area contributed by atoms with E-state index in [1.54, 1.807) is 55.6 Å². The van der Waals surface area contributed by atoms with Gasteiger partial charge < -0.3 is 25.3 Å². The van der Waals surface area contributed by atoms with Gasteiger partial charge in [0.1, 0.15) is 23.9 Å². The van der Waals surface area contributed by atoms with Crippen molar-refractivity contribution in [2.45, 2.75) is 6.54 Å². The van der Waals surface area contributed by atoms with Gasteiger partial charge in [-0.1, -0.05) is 12.1 Å². The molecule has 0 unspecified atom stereocenters. The van der Waals surface area contributed by atoms with E-state index in [4.69, 9.17) is 19.9 Å². The minimum absolute atomic E-state index is 0.183. The molecule has 0 aliphatic rings. The van der Waals surface area contributed by atoms with Crippen LogP contribution in [0.5, 0.6) is 17.2 Å². The molecule has 0 saturated carbocycles. The Labute approximate surface area is 180 Å². The Balaban J connectivity index is 1.50. The first-order valence-corrected chi connectivity index (χ1v) is 9.72. The van der Waals surface area contributed by atoms with E-state index in [0.717, 1.165) is 11.3 Å². The molecule has 2 amide bonds. The number of methoxy groups -OCH3 is 1. The highest BCUT2D eigenvalue weighted by atomic mass is 16.5. The maximum absolute atomic E-state index is 12.4. The van der Waals surface area contributed by atoms with Crippen LogP contribution in [0.15, 0.2) is 72.8 Å². The molecule has 0 saturated heterocycles. The Kier molecular flexibility index (Phi) is 7.61. The molecule has 0 aliphatic heterocycles. The van der Waals surface area contributed by atoms with Gasteiger partial charge in [0.05, 0.1) is 6.61 Å². The summed E-state index contributed by atoms with van der Waals surface area (Å²) in [6.07, 6.45) is 0. The fraction of sp³-hybridized carbons (Fsp3) is 0.167. The number of nitrogens with two attached hydrogens (primary N) is 1. The second-order valence-corrected chi connectivity index (χ2v) is 6.68. The SMILES string of the molecule is COCCOc1ccc(CNC(=O)c2ccc(Oc3ccc(C(N)=O)cc3)cc2)cc1. The normalized spacial score (nSPS) is 10.4. The van der Waals surface area contributed by atoms with Crippen LogP contribution in [0.1, 0.15) is 26.3 Å². The van der Waals surface area contributed by atoms with Crippen LogP contribution in [-0.2, 0) is 11.3 Å². The summed E-state index contributed by atoms with van der Waals surface area (Å²) in [5.41, 5.74) is 7.12. The number of amides is 2. The molecule has 0 spiro atoms. The quantitative estimate of drug-likeness (QED) is 0.489. The van der Waals surface area contributed by atoms with Crippen LogP contribution in [0, 0.1) is 0 Å². The minimum Gasteiger partial charge on any atom is -0.491 e. The molecule has 0 atom stereocenters. The van der Waals surface area contributed by atoms with Gasteiger partial charge in [-0.15, -0.1) is 0 Å². The molecular weight excluding hydrogens is 396 g/mol. The summed E-state index contributed by atoms with van der Waals surface area (Å²) >= 11 is 0. The zero-order valence-corrected chi connectivity index (χ0v) is 17.2. The molecule has 7 heteroatoms. The first kappa shape index (κ1) is 21.9. The predicted molar refractivity (Wildman–Crippen MR) is 116 cm³/mol. The Morgan fingerprint density at radius 3 is 1.87 bits per heavy atom. The van der Waals surface area contributed by atoms with Crippen LogP contribution >= 0.6 is 0 Å². The monoisotopic (exact) mass is 420 g/mol. The molecule has 160 valence electrons. The summed E-state index contributed by atoms with van der Waals surface area (Å²) in [5.74, 6) is 1.22. The van der Waals surface area contributed by atoms with E-state index < -0.39 is 5.91 Å². The summed E-state index contributed by atoms with van der Waals surface area (Å²) in [7, 11) is 1.63. The number of primary amides is 1. The van der Waals surface area contributed by atoms with E-state index in [2.05, 4.69) is 5.32 Å². The Morgan fingerprint density at radius 1 is 0.774 bits per heavy atom. The third-order valence-corrected chi connectivity index (χ3v) is 4.42. The highest BCUT2D eigenvalue weighted by molar-refractivity contribution is 5.94. The first-order valence-electron chi connectivity index (χ1n) is 9.72. The molecule has 3 rings (SSSR count). The second kappa shape index (κ2) is 10.8.